The average molecular weight is 489 g/mol. The number of carbonyl (C=O) groups excluding carboxylic acids is 1. The number of amides is 1. The second-order valence-electron chi connectivity index (χ2n) is 6.83. The Kier molecular flexibility index (Phi) is 8.01. The smallest absolute Gasteiger partial charge is 0.305 e. The van der Waals surface area contributed by atoms with Gasteiger partial charge in [0.05, 0.1) is 22.9 Å². The predicted octanol–water partition coefficient (Wildman–Crippen LogP) is 4.25. The molecule has 0 unspecified atom stereocenters. The Hall–Kier alpha value is -3.44. The molecule has 1 N–H and O–H groups in total. The third-order valence-corrected chi connectivity index (χ3v) is 5.91. The first-order chi connectivity index (χ1) is 15.8. The molecule has 1 saturated heterocycles. The highest BCUT2D eigenvalue weighted by Gasteiger charge is 2.32. The van der Waals surface area contributed by atoms with Crippen LogP contribution in [-0.4, -0.2) is 44.3 Å². The minimum absolute atomic E-state index is 0.00600. The second-order valence-corrected chi connectivity index (χ2v) is 8.50. The van der Waals surface area contributed by atoms with E-state index in [0.29, 0.717) is 32.9 Å². The highest BCUT2D eigenvalue weighted by atomic mass is 32.2. The monoisotopic (exact) mass is 488 g/mol. The van der Waals surface area contributed by atoms with Crippen LogP contribution in [0.5, 0.6) is 11.5 Å². The number of nitrogens with zero attached hydrogens (tertiary/aromatic N) is 2. The molecule has 1 heterocycles. The Morgan fingerprint density at radius 3 is 2.58 bits per heavy atom. The van der Waals surface area contributed by atoms with Gasteiger partial charge in [-0.25, -0.2) is 0 Å². The number of hydrogen-bond acceptors (Lipinski definition) is 8. The molecule has 0 aliphatic carbocycles. The van der Waals surface area contributed by atoms with E-state index in [-0.39, 0.29) is 31.2 Å². The van der Waals surface area contributed by atoms with Gasteiger partial charge >= 0.3 is 5.97 Å². The summed E-state index contributed by atoms with van der Waals surface area (Å²) in [5.74, 6) is -0.364. The van der Waals surface area contributed by atoms with Crippen LogP contribution in [0.1, 0.15) is 24.5 Å². The van der Waals surface area contributed by atoms with Crippen LogP contribution >= 0.6 is 24.0 Å². The fourth-order valence-corrected chi connectivity index (χ4v) is 4.24. The van der Waals surface area contributed by atoms with Crippen LogP contribution in [-0.2, 0) is 16.2 Å². The molecule has 2 aromatic carbocycles. The highest BCUT2D eigenvalue weighted by molar-refractivity contribution is 8.26. The van der Waals surface area contributed by atoms with Gasteiger partial charge in [0.1, 0.15) is 10.9 Å². The molecule has 0 spiro atoms. The van der Waals surface area contributed by atoms with Crippen LogP contribution < -0.4 is 9.47 Å². The summed E-state index contributed by atoms with van der Waals surface area (Å²) in [4.78, 5) is 35.4. The lowest BCUT2D eigenvalue weighted by Gasteiger charge is -2.13. The molecule has 0 saturated carbocycles. The fourth-order valence-electron chi connectivity index (χ4n) is 2.93. The Labute approximate surface area is 199 Å². The molecule has 33 heavy (non-hydrogen) atoms. The number of thioether (sulfide) groups is 1. The molecule has 0 atom stereocenters. The summed E-state index contributed by atoms with van der Waals surface area (Å²) < 4.78 is 11.8. The van der Waals surface area contributed by atoms with E-state index >= 15 is 0 Å². The molecule has 11 heteroatoms. The third kappa shape index (κ3) is 6.30. The molecule has 1 aliphatic rings. The predicted molar refractivity (Wildman–Crippen MR) is 127 cm³/mol. The standard InChI is InChI=1S/C22H20N2O7S2/c1-2-30-18-11-15(12-19-21(27)23(22(32)33-19)10-9-20(25)26)5-8-17(18)31-13-14-3-6-16(7-4-14)24(28)29/h3-8,11-12H,2,9-10,13H2,1H3,(H,25,26)/b19-12+. The number of carbonyl (C=O) groups is 2. The quantitative estimate of drug-likeness (QED) is 0.226. The van der Waals surface area contributed by atoms with Crippen molar-refractivity contribution in [1.29, 1.82) is 0 Å². The number of ether oxygens (including phenoxy) is 2. The van der Waals surface area contributed by atoms with Gasteiger partial charge in [-0.15, -0.1) is 0 Å². The van der Waals surface area contributed by atoms with E-state index in [1.54, 1.807) is 36.4 Å². The number of carboxylic acid groups (broad SMARTS) is 1. The van der Waals surface area contributed by atoms with Crippen molar-refractivity contribution in [1.82, 2.24) is 4.90 Å². The lowest BCUT2D eigenvalue weighted by atomic mass is 10.1. The maximum absolute atomic E-state index is 12.6. The summed E-state index contributed by atoms with van der Waals surface area (Å²) >= 11 is 6.32. The lowest BCUT2D eigenvalue weighted by Crippen LogP contribution is -2.30. The van der Waals surface area contributed by atoms with E-state index < -0.39 is 10.9 Å². The van der Waals surface area contributed by atoms with Gasteiger partial charge in [0.25, 0.3) is 11.6 Å². The summed E-state index contributed by atoms with van der Waals surface area (Å²) in [5.41, 5.74) is 1.46. The highest BCUT2D eigenvalue weighted by Crippen LogP contribution is 2.35. The molecule has 1 amide bonds. The van der Waals surface area contributed by atoms with Crippen molar-refractivity contribution >= 4 is 51.9 Å². The van der Waals surface area contributed by atoms with Crippen LogP contribution in [0, 0.1) is 10.1 Å². The van der Waals surface area contributed by atoms with E-state index in [4.69, 9.17) is 26.8 Å². The molecule has 0 radical (unpaired) electrons. The summed E-state index contributed by atoms with van der Waals surface area (Å²) in [6, 6.07) is 11.3. The number of thiocarbonyl (C=S) groups is 1. The minimum atomic E-state index is -1.00. The van der Waals surface area contributed by atoms with Crippen LogP contribution in [0.25, 0.3) is 6.08 Å². The fraction of sp³-hybridized carbons (Fsp3) is 0.227. The average Bonchev–Trinajstić information content (AvgIpc) is 3.04. The first kappa shape index (κ1) is 24.2. The van der Waals surface area contributed by atoms with Gasteiger partial charge in [-0.3, -0.25) is 24.6 Å². The number of aliphatic carboxylic acids is 1. The van der Waals surface area contributed by atoms with E-state index in [2.05, 4.69) is 0 Å². The first-order valence-corrected chi connectivity index (χ1v) is 11.1. The van der Waals surface area contributed by atoms with Crippen molar-refractivity contribution in [3.05, 3.63) is 68.6 Å². The number of rotatable bonds is 10. The van der Waals surface area contributed by atoms with Crippen molar-refractivity contribution in [3.63, 3.8) is 0 Å². The summed E-state index contributed by atoms with van der Waals surface area (Å²) in [5, 5.41) is 19.6. The number of carboxylic acids is 1. The van der Waals surface area contributed by atoms with E-state index in [1.807, 2.05) is 6.92 Å². The van der Waals surface area contributed by atoms with Gasteiger partial charge in [-0.1, -0.05) is 30.0 Å². The third-order valence-electron chi connectivity index (χ3n) is 4.53. The number of nitro groups is 1. The molecule has 0 aromatic heterocycles. The summed E-state index contributed by atoms with van der Waals surface area (Å²) in [6.07, 6.45) is 1.48. The molecule has 0 bridgehead atoms. The van der Waals surface area contributed by atoms with Gasteiger partial charge in [0.2, 0.25) is 0 Å². The molecule has 2 aromatic rings. The number of nitro benzene ring substituents is 1. The van der Waals surface area contributed by atoms with Crippen molar-refractivity contribution in [2.45, 2.75) is 20.0 Å². The van der Waals surface area contributed by atoms with Crippen LogP contribution in [0.2, 0.25) is 0 Å². The minimum Gasteiger partial charge on any atom is -0.490 e. The van der Waals surface area contributed by atoms with E-state index in [1.165, 1.54) is 17.0 Å². The Morgan fingerprint density at radius 1 is 1.21 bits per heavy atom. The Bertz CT molecular complexity index is 1120. The molecule has 1 fully saturated rings. The summed E-state index contributed by atoms with van der Waals surface area (Å²) in [6.45, 7) is 2.45. The number of hydrogen-bond donors (Lipinski definition) is 1. The molecule has 3 rings (SSSR count). The number of non-ortho nitro benzene ring substituents is 1. The largest absolute Gasteiger partial charge is 0.490 e. The molecule has 172 valence electrons. The first-order valence-electron chi connectivity index (χ1n) is 9.88. The van der Waals surface area contributed by atoms with Crippen molar-refractivity contribution in [2.24, 2.45) is 0 Å². The maximum Gasteiger partial charge on any atom is 0.305 e. The van der Waals surface area contributed by atoms with Crippen LogP contribution in [0.15, 0.2) is 47.4 Å². The molecular weight excluding hydrogens is 468 g/mol. The zero-order valence-corrected chi connectivity index (χ0v) is 19.2. The zero-order chi connectivity index (χ0) is 24.0. The molecular formula is C22H20N2O7S2. The Balaban J connectivity index is 1.74. The van der Waals surface area contributed by atoms with Gasteiger partial charge in [0.15, 0.2) is 11.5 Å². The molecule has 9 nitrogen and oxygen atoms in total. The van der Waals surface area contributed by atoms with Crippen LogP contribution in [0.3, 0.4) is 0 Å². The molecule has 1 aliphatic heterocycles. The van der Waals surface area contributed by atoms with Crippen molar-refractivity contribution < 1.29 is 29.1 Å². The van der Waals surface area contributed by atoms with Crippen LogP contribution in [0.4, 0.5) is 5.69 Å². The zero-order valence-electron chi connectivity index (χ0n) is 17.6. The normalized spacial score (nSPS) is 14.6. The lowest BCUT2D eigenvalue weighted by molar-refractivity contribution is -0.384. The van der Waals surface area contributed by atoms with Gasteiger partial charge in [-0.05, 0) is 48.4 Å². The van der Waals surface area contributed by atoms with Gasteiger partial charge in [0, 0.05) is 18.7 Å². The topological polar surface area (TPSA) is 119 Å². The number of benzene rings is 2. The second kappa shape index (κ2) is 10.9. The van der Waals surface area contributed by atoms with Gasteiger partial charge in [-0.2, -0.15) is 0 Å². The van der Waals surface area contributed by atoms with E-state index in [0.717, 1.165) is 17.3 Å². The summed E-state index contributed by atoms with van der Waals surface area (Å²) in [7, 11) is 0. The Morgan fingerprint density at radius 2 is 1.94 bits per heavy atom. The van der Waals surface area contributed by atoms with Gasteiger partial charge < -0.3 is 14.6 Å². The van der Waals surface area contributed by atoms with E-state index in [9.17, 15) is 19.7 Å². The maximum atomic E-state index is 12.6. The SMILES string of the molecule is CCOc1cc(/C=C2/SC(=S)N(CCC(=O)O)C2=O)ccc1OCc1ccc([N+](=O)[O-])cc1. The van der Waals surface area contributed by atoms with Crippen molar-refractivity contribution in [2.75, 3.05) is 13.2 Å². The van der Waals surface area contributed by atoms with Crippen molar-refractivity contribution in [3.8, 4) is 11.5 Å².